The van der Waals surface area contributed by atoms with Gasteiger partial charge in [-0.25, -0.2) is 0 Å². The molecule has 88 valence electrons. The van der Waals surface area contributed by atoms with Gasteiger partial charge >= 0.3 is 0 Å². The molecule has 0 aromatic carbocycles. The summed E-state index contributed by atoms with van der Waals surface area (Å²) in [6, 6.07) is 0. The van der Waals surface area contributed by atoms with Gasteiger partial charge in [-0.05, 0) is 19.3 Å². The van der Waals surface area contributed by atoms with Gasteiger partial charge in [0.25, 0.3) is 0 Å². The van der Waals surface area contributed by atoms with Crippen LogP contribution in [0.15, 0.2) is 6.20 Å². The van der Waals surface area contributed by atoms with E-state index in [1.54, 1.807) is 0 Å². The van der Waals surface area contributed by atoms with Gasteiger partial charge in [0.2, 0.25) is 6.20 Å². The van der Waals surface area contributed by atoms with Crippen LogP contribution in [0.1, 0.15) is 24.1 Å². The van der Waals surface area contributed by atoms with Crippen molar-refractivity contribution in [2.24, 2.45) is 0 Å². The van der Waals surface area contributed by atoms with E-state index in [9.17, 15) is 14.0 Å². The Bertz CT molecular complexity index is 453. The van der Waals surface area contributed by atoms with Crippen LogP contribution in [0.4, 0.5) is 5.69 Å². The van der Waals surface area contributed by atoms with E-state index < -0.39 is 11.3 Å². The average molecular weight is 262 g/mol. The zero-order chi connectivity index (χ0) is 11.7. The Labute approximate surface area is 100 Å². The lowest BCUT2D eigenvalue weighted by atomic mass is 9.96. The Kier molecular flexibility index (Phi) is 3.32. The van der Waals surface area contributed by atoms with Crippen molar-refractivity contribution >= 4 is 28.6 Å². The fourth-order valence-electron chi connectivity index (χ4n) is 1.94. The highest BCUT2D eigenvalue weighted by Crippen LogP contribution is 2.31. The highest BCUT2D eigenvalue weighted by atomic mass is 35.5. The Morgan fingerprint density at radius 3 is 2.81 bits per heavy atom. The molecule has 1 aliphatic carbocycles. The number of pyridine rings is 1. The molecule has 0 fully saturated rings. The first-order valence-corrected chi connectivity index (χ1v) is 6.34. The molecule has 0 saturated carbocycles. The number of halogens is 1. The number of hydrogen-bond donors (Lipinski definition) is 1. The number of anilines is 1. The lowest BCUT2D eigenvalue weighted by Crippen LogP contribution is -2.35. The van der Waals surface area contributed by atoms with Crippen molar-refractivity contribution in [3.05, 3.63) is 27.7 Å². The number of nitrogens with zero attached hydrogens (tertiary/aromatic N) is 1. The van der Waals surface area contributed by atoms with Gasteiger partial charge in [-0.1, -0.05) is 11.6 Å². The summed E-state index contributed by atoms with van der Waals surface area (Å²) in [4.78, 5) is 0. The van der Waals surface area contributed by atoms with Crippen molar-refractivity contribution in [1.29, 1.82) is 0 Å². The maximum atomic E-state index is 11.6. The summed E-state index contributed by atoms with van der Waals surface area (Å²) in [6.45, 7) is 0. The van der Waals surface area contributed by atoms with Crippen LogP contribution >= 0.6 is 11.6 Å². The van der Waals surface area contributed by atoms with E-state index in [1.165, 1.54) is 6.20 Å². The van der Waals surface area contributed by atoms with Gasteiger partial charge in [0.1, 0.15) is 5.69 Å². The molecule has 2 rings (SSSR count). The third-order valence-electron chi connectivity index (χ3n) is 2.65. The van der Waals surface area contributed by atoms with Crippen molar-refractivity contribution in [3.8, 4) is 0 Å². The molecule has 1 heterocycles. The minimum atomic E-state index is -2.47. The van der Waals surface area contributed by atoms with Crippen molar-refractivity contribution < 1.29 is 13.5 Å². The highest BCUT2D eigenvalue weighted by Gasteiger charge is 2.23. The van der Waals surface area contributed by atoms with E-state index in [0.717, 1.165) is 24.8 Å². The molecule has 1 N–H and O–H groups in total. The number of aromatic nitrogens is 1. The third-order valence-corrected chi connectivity index (χ3v) is 3.46. The van der Waals surface area contributed by atoms with Crippen molar-refractivity contribution in [1.82, 2.24) is 0 Å². The molecule has 1 aromatic heterocycles. The van der Waals surface area contributed by atoms with Crippen LogP contribution in [0, 0.1) is 5.21 Å². The lowest BCUT2D eigenvalue weighted by Gasteiger charge is -2.19. The summed E-state index contributed by atoms with van der Waals surface area (Å²) in [5.74, 6) is 0. The molecule has 5 nitrogen and oxygen atoms in total. The molecule has 7 heteroatoms. The molecular formula is C9H10ClN2O3S-. The molecule has 0 saturated heterocycles. The van der Waals surface area contributed by atoms with Crippen molar-refractivity contribution in [2.45, 2.75) is 25.7 Å². The Morgan fingerprint density at radius 2 is 2.12 bits per heavy atom. The van der Waals surface area contributed by atoms with E-state index >= 15 is 0 Å². The summed E-state index contributed by atoms with van der Waals surface area (Å²) >= 11 is 3.58. The molecule has 16 heavy (non-hydrogen) atoms. The number of nitrogens with one attached hydrogen (secondary N) is 1. The molecule has 1 atom stereocenters. The van der Waals surface area contributed by atoms with Gasteiger partial charge in [-0.3, -0.25) is 4.21 Å². The standard InChI is InChI=1S/C9H11ClN2O3S/c10-9-6-3-1-2-4-8(6)12(13)5-7(9)11-16(14)15/h5,11H,1-4H2,(H,14,15)/p-1. The second-order valence-corrected chi connectivity index (χ2v) is 4.70. The fraction of sp³-hybridized carbons (Fsp3) is 0.444. The van der Waals surface area contributed by atoms with E-state index in [2.05, 4.69) is 4.72 Å². The number of rotatable bonds is 2. The van der Waals surface area contributed by atoms with E-state index in [1.807, 2.05) is 0 Å². The lowest BCUT2D eigenvalue weighted by molar-refractivity contribution is -0.614. The minimum Gasteiger partial charge on any atom is -0.755 e. The Hall–Kier alpha value is -0.850. The predicted octanol–water partition coefficient (Wildman–Crippen LogP) is 1.06. The average Bonchev–Trinajstić information content (AvgIpc) is 2.25. The molecule has 0 spiro atoms. The smallest absolute Gasteiger partial charge is 0.206 e. The van der Waals surface area contributed by atoms with Crippen LogP contribution < -0.4 is 9.45 Å². The first kappa shape index (κ1) is 11.6. The molecule has 0 radical (unpaired) electrons. The zero-order valence-electron chi connectivity index (χ0n) is 8.36. The topological polar surface area (TPSA) is 79.1 Å². The fourth-order valence-corrected chi connectivity index (χ4v) is 2.63. The minimum absolute atomic E-state index is 0.144. The van der Waals surface area contributed by atoms with Crippen LogP contribution in [0.3, 0.4) is 0 Å². The quantitative estimate of drug-likeness (QED) is 0.491. The van der Waals surface area contributed by atoms with Crippen LogP contribution in [0.5, 0.6) is 0 Å². The van der Waals surface area contributed by atoms with Crippen LogP contribution in [-0.2, 0) is 24.1 Å². The monoisotopic (exact) mass is 261 g/mol. The largest absolute Gasteiger partial charge is 0.755 e. The summed E-state index contributed by atoms with van der Waals surface area (Å²) in [5, 5.41) is 12.0. The molecule has 0 aliphatic heterocycles. The maximum Gasteiger partial charge on any atom is 0.206 e. The van der Waals surface area contributed by atoms with E-state index in [4.69, 9.17) is 11.6 Å². The Morgan fingerprint density at radius 1 is 1.44 bits per heavy atom. The maximum absolute atomic E-state index is 11.6. The van der Waals surface area contributed by atoms with Crippen LogP contribution in [-0.4, -0.2) is 8.76 Å². The van der Waals surface area contributed by atoms with Crippen molar-refractivity contribution in [2.75, 3.05) is 4.72 Å². The van der Waals surface area contributed by atoms with Gasteiger partial charge in [-0.2, -0.15) is 4.73 Å². The number of hydrogen-bond acceptors (Lipinski definition) is 3. The SMILES string of the molecule is O=S([O-])Nc1c[n+]([O-])c2c(c1Cl)CCCC2. The van der Waals surface area contributed by atoms with Gasteiger partial charge < -0.3 is 14.5 Å². The third kappa shape index (κ3) is 2.14. The Balaban J connectivity index is 2.49. The summed E-state index contributed by atoms with van der Waals surface area (Å²) in [7, 11) is 0. The second-order valence-electron chi connectivity index (χ2n) is 3.65. The zero-order valence-corrected chi connectivity index (χ0v) is 9.94. The highest BCUT2D eigenvalue weighted by molar-refractivity contribution is 7.80. The summed E-state index contributed by atoms with van der Waals surface area (Å²) < 4.78 is 23.9. The van der Waals surface area contributed by atoms with E-state index in [-0.39, 0.29) is 5.69 Å². The molecule has 1 aliphatic rings. The van der Waals surface area contributed by atoms with Gasteiger partial charge in [0.15, 0.2) is 5.69 Å². The molecule has 0 amide bonds. The molecule has 1 unspecified atom stereocenters. The predicted molar refractivity (Wildman–Crippen MR) is 59.6 cm³/mol. The molecule has 1 aromatic rings. The van der Waals surface area contributed by atoms with Crippen molar-refractivity contribution in [3.63, 3.8) is 0 Å². The normalized spacial score (nSPS) is 16.6. The van der Waals surface area contributed by atoms with Crippen LogP contribution in [0.25, 0.3) is 0 Å². The second kappa shape index (κ2) is 4.57. The number of fused-ring (bicyclic) bond motifs is 1. The molecular weight excluding hydrogens is 252 g/mol. The van der Waals surface area contributed by atoms with E-state index in [0.29, 0.717) is 21.9 Å². The van der Waals surface area contributed by atoms with Gasteiger partial charge in [0, 0.05) is 23.3 Å². The first-order valence-electron chi connectivity index (χ1n) is 4.89. The summed E-state index contributed by atoms with van der Waals surface area (Å²) in [6.07, 6.45) is 4.52. The van der Waals surface area contributed by atoms with Gasteiger partial charge in [0.05, 0.1) is 5.02 Å². The first-order chi connectivity index (χ1) is 7.59. The molecule has 0 bridgehead atoms. The van der Waals surface area contributed by atoms with Gasteiger partial charge in [-0.15, -0.1) is 0 Å². The summed E-state index contributed by atoms with van der Waals surface area (Å²) in [5.41, 5.74) is 1.56. The van der Waals surface area contributed by atoms with Crippen LogP contribution in [0.2, 0.25) is 5.02 Å².